The van der Waals surface area contributed by atoms with Crippen molar-refractivity contribution >= 4 is 17.5 Å². The van der Waals surface area contributed by atoms with Gasteiger partial charge in [-0.1, -0.05) is 48.0 Å². The molecular weight excluding hydrogens is 340 g/mol. The number of amides is 2. The molecule has 6 nitrogen and oxygen atoms in total. The summed E-state index contributed by atoms with van der Waals surface area (Å²) in [6.07, 6.45) is 2.70. The number of carbonyl (C=O) groups excluding carboxylic acids is 2. The lowest BCUT2D eigenvalue weighted by molar-refractivity contribution is -0.124. The van der Waals surface area contributed by atoms with Gasteiger partial charge in [0.15, 0.2) is 0 Å². The standard InChI is InChI=1S/C21H24N4O2/c1-14-6-8-15(9-7-14)12-23-13-17(22)20(26)25-19-11-10-16-4-2-3-5-18(16)24-21(19)27/h2-9,13,19,23H,10-12,22H2,1H3,(H,24,27)(H,25,26)/b17-13-/t19-/m0/s1. The quantitative estimate of drug-likeness (QED) is 0.610. The number of fused-ring (bicyclic) bond motifs is 1. The van der Waals surface area contributed by atoms with Crippen LogP contribution in [-0.2, 0) is 22.6 Å². The van der Waals surface area contributed by atoms with Crippen molar-refractivity contribution in [1.82, 2.24) is 10.6 Å². The van der Waals surface area contributed by atoms with Crippen LogP contribution in [0.1, 0.15) is 23.1 Å². The highest BCUT2D eigenvalue weighted by molar-refractivity contribution is 6.01. The van der Waals surface area contributed by atoms with Gasteiger partial charge in [0, 0.05) is 18.4 Å². The summed E-state index contributed by atoms with van der Waals surface area (Å²) in [6, 6.07) is 15.1. The molecule has 0 saturated carbocycles. The maximum absolute atomic E-state index is 12.4. The third-order valence-corrected chi connectivity index (χ3v) is 4.55. The molecule has 0 fully saturated rings. The molecule has 2 aromatic rings. The Morgan fingerprint density at radius 1 is 1.22 bits per heavy atom. The summed E-state index contributed by atoms with van der Waals surface area (Å²) in [5, 5.41) is 8.60. The molecule has 140 valence electrons. The Kier molecular flexibility index (Phi) is 5.76. The van der Waals surface area contributed by atoms with Crippen molar-refractivity contribution < 1.29 is 9.59 Å². The van der Waals surface area contributed by atoms with Crippen LogP contribution >= 0.6 is 0 Å². The van der Waals surface area contributed by atoms with E-state index in [4.69, 9.17) is 5.73 Å². The van der Waals surface area contributed by atoms with E-state index < -0.39 is 11.9 Å². The normalized spacial score (nSPS) is 16.7. The van der Waals surface area contributed by atoms with Gasteiger partial charge in [0.1, 0.15) is 11.7 Å². The molecule has 1 heterocycles. The Morgan fingerprint density at radius 2 is 1.96 bits per heavy atom. The van der Waals surface area contributed by atoms with Crippen LogP contribution in [0.2, 0.25) is 0 Å². The van der Waals surface area contributed by atoms with Crippen molar-refractivity contribution in [2.45, 2.75) is 32.4 Å². The first-order valence-electron chi connectivity index (χ1n) is 8.97. The molecule has 0 unspecified atom stereocenters. The Labute approximate surface area is 158 Å². The summed E-state index contributed by atoms with van der Waals surface area (Å²) in [5.74, 6) is -0.689. The summed E-state index contributed by atoms with van der Waals surface area (Å²) in [7, 11) is 0. The summed E-state index contributed by atoms with van der Waals surface area (Å²) in [6.45, 7) is 2.59. The molecule has 6 heteroatoms. The minimum atomic E-state index is -0.617. The predicted octanol–water partition coefficient (Wildman–Crippen LogP) is 1.95. The van der Waals surface area contributed by atoms with Gasteiger partial charge in [-0.2, -0.15) is 0 Å². The first kappa shape index (κ1) is 18.5. The highest BCUT2D eigenvalue weighted by Gasteiger charge is 2.25. The van der Waals surface area contributed by atoms with E-state index in [-0.39, 0.29) is 11.6 Å². The van der Waals surface area contributed by atoms with E-state index in [2.05, 4.69) is 16.0 Å². The fraction of sp³-hybridized carbons (Fsp3) is 0.238. The molecule has 0 spiro atoms. The van der Waals surface area contributed by atoms with Crippen LogP contribution in [0.15, 0.2) is 60.4 Å². The zero-order valence-electron chi connectivity index (χ0n) is 15.3. The number of para-hydroxylation sites is 1. The minimum absolute atomic E-state index is 0.0386. The number of nitrogens with two attached hydrogens (primary N) is 1. The lowest BCUT2D eigenvalue weighted by Crippen LogP contribution is -2.45. The molecular formula is C21H24N4O2. The van der Waals surface area contributed by atoms with Crippen molar-refractivity contribution in [3.05, 3.63) is 77.1 Å². The van der Waals surface area contributed by atoms with E-state index in [1.54, 1.807) is 0 Å². The zero-order chi connectivity index (χ0) is 19.2. The number of benzene rings is 2. The summed E-state index contributed by atoms with van der Waals surface area (Å²) >= 11 is 0. The van der Waals surface area contributed by atoms with Gasteiger partial charge in [0.05, 0.1) is 0 Å². The monoisotopic (exact) mass is 364 g/mol. The number of hydrogen-bond acceptors (Lipinski definition) is 4. The van der Waals surface area contributed by atoms with Crippen LogP contribution in [0.5, 0.6) is 0 Å². The highest BCUT2D eigenvalue weighted by Crippen LogP contribution is 2.21. The van der Waals surface area contributed by atoms with E-state index >= 15 is 0 Å². The average molecular weight is 364 g/mol. The second-order valence-corrected chi connectivity index (χ2v) is 6.68. The Morgan fingerprint density at radius 3 is 2.74 bits per heavy atom. The van der Waals surface area contributed by atoms with Crippen LogP contribution in [-0.4, -0.2) is 17.9 Å². The van der Waals surface area contributed by atoms with Crippen LogP contribution in [0.3, 0.4) is 0 Å². The largest absolute Gasteiger partial charge is 0.393 e. The fourth-order valence-electron chi connectivity index (χ4n) is 2.94. The molecule has 27 heavy (non-hydrogen) atoms. The third-order valence-electron chi connectivity index (χ3n) is 4.55. The predicted molar refractivity (Wildman–Crippen MR) is 106 cm³/mol. The lowest BCUT2D eigenvalue weighted by Gasteiger charge is -2.15. The van der Waals surface area contributed by atoms with Gasteiger partial charge in [0.25, 0.3) is 5.91 Å². The molecule has 0 aliphatic carbocycles. The molecule has 1 aliphatic rings. The lowest BCUT2D eigenvalue weighted by atomic mass is 10.1. The number of rotatable bonds is 5. The van der Waals surface area contributed by atoms with Gasteiger partial charge in [-0.25, -0.2) is 0 Å². The van der Waals surface area contributed by atoms with Crippen LogP contribution in [0.4, 0.5) is 5.69 Å². The SMILES string of the molecule is Cc1ccc(CN/C=C(\N)C(=O)N[C@H]2CCc3ccccc3NC2=O)cc1. The third kappa shape index (κ3) is 4.88. The van der Waals surface area contributed by atoms with Gasteiger partial charge >= 0.3 is 0 Å². The second-order valence-electron chi connectivity index (χ2n) is 6.68. The Hall–Kier alpha value is -3.28. The van der Waals surface area contributed by atoms with Crippen molar-refractivity contribution in [3.8, 4) is 0 Å². The number of nitrogens with one attached hydrogen (secondary N) is 3. The summed E-state index contributed by atoms with van der Waals surface area (Å²) in [4.78, 5) is 24.7. The Balaban J connectivity index is 1.54. The van der Waals surface area contributed by atoms with Crippen molar-refractivity contribution in [2.24, 2.45) is 5.73 Å². The topological polar surface area (TPSA) is 96.2 Å². The number of aryl methyl sites for hydroxylation is 2. The van der Waals surface area contributed by atoms with Gasteiger partial charge in [-0.3, -0.25) is 9.59 Å². The van der Waals surface area contributed by atoms with Crippen LogP contribution in [0, 0.1) is 6.92 Å². The Bertz CT molecular complexity index is 859. The van der Waals surface area contributed by atoms with Gasteiger partial charge in [0.2, 0.25) is 5.91 Å². The highest BCUT2D eigenvalue weighted by atomic mass is 16.2. The smallest absolute Gasteiger partial charge is 0.269 e. The molecule has 5 N–H and O–H groups in total. The number of hydrogen-bond donors (Lipinski definition) is 4. The summed E-state index contributed by atoms with van der Waals surface area (Å²) < 4.78 is 0. The first-order chi connectivity index (χ1) is 13.0. The average Bonchev–Trinajstić information content (AvgIpc) is 2.82. The van der Waals surface area contributed by atoms with Gasteiger partial charge < -0.3 is 21.7 Å². The number of anilines is 1. The fourth-order valence-corrected chi connectivity index (χ4v) is 2.94. The molecule has 1 aliphatic heterocycles. The zero-order valence-corrected chi connectivity index (χ0v) is 15.3. The molecule has 3 rings (SSSR count). The molecule has 1 atom stereocenters. The molecule has 0 radical (unpaired) electrons. The maximum Gasteiger partial charge on any atom is 0.269 e. The van der Waals surface area contributed by atoms with Crippen LogP contribution in [0.25, 0.3) is 0 Å². The van der Waals surface area contributed by atoms with E-state index in [0.29, 0.717) is 19.4 Å². The van der Waals surface area contributed by atoms with E-state index in [1.165, 1.54) is 11.8 Å². The van der Waals surface area contributed by atoms with Gasteiger partial charge in [-0.05, 0) is 37.0 Å². The van der Waals surface area contributed by atoms with Gasteiger partial charge in [-0.15, -0.1) is 0 Å². The van der Waals surface area contributed by atoms with Crippen molar-refractivity contribution in [2.75, 3.05) is 5.32 Å². The molecule has 0 saturated heterocycles. The van der Waals surface area contributed by atoms with E-state index in [0.717, 1.165) is 16.8 Å². The number of carbonyl (C=O) groups is 2. The molecule has 0 bridgehead atoms. The maximum atomic E-state index is 12.4. The molecule has 2 amide bonds. The first-order valence-corrected chi connectivity index (χ1v) is 8.97. The van der Waals surface area contributed by atoms with E-state index in [1.807, 2.05) is 55.5 Å². The molecule has 0 aromatic heterocycles. The molecule has 2 aromatic carbocycles. The van der Waals surface area contributed by atoms with E-state index in [9.17, 15) is 9.59 Å². The minimum Gasteiger partial charge on any atom is -0.393 e. The van der Waals surface area contributed by atoms with Crippen LogP contribution < -0.4 is 21.7 Å². The summed E-state index contributed by atoms with van der Waals surface area (Å²) in [5.41, 5.74) is 10.0. The second kappa shape index (κ2) is 8.40. The van der Waals surface area contributed by atoms with Crippen molar-refractivity contribution in [1.29, 1.82) is 0 Å². The van der Waals surface area contributed by atoms with Crippen molar-refractivity contribution in [3.63, 3.8) is 0 Å².